The van der Waals surface area contributed by atoms with Crippen LogP contribution in [0.3, 0.4) is 0 Å². The molecule has 25 N–H and O–H groups in total. The SMILES string of the molecule is CCC(C)C1NC(=O)C(CCN)NC(=O)C(NC(=O)C(CCN)NC(=O)C(NC(=O)C(CCN)NC(=O)CCCCC(C)C)C(C)O)CCNC(=O)C(C(C)O)NC(=O)C(CCN)NC(=O)C(CCN)NC(=O)C(C(C)CC)NC1=O.O=S(=O)(O)O. The highest BCUT2D eigenvalue weighted by Crippen LogP contribution is 2.15. The number of carbonyl (C=O) groups excluding carboxylic acids is 11. The fourth-order valence-electron chi connectivity index (χ4n) is 8.56. The van der Waals surface area contributed by atoms with E-state index < -0.39 is 173 Å². The Bertz CT molecular complexity index is 2290. The fraction of sp³-hybridized carbons (Fsp3) is 0.788. The number of nitrogens with two attached hydrogens (primary N) is 5. The molecule has 0 aliphatic carbocycles. The van der Waals surface area contributed by atoms with E-state index in [1.807, 2.05) is 0 Å². The number of amides is 11. The van der Waals surface area contributed by atoms with E-state index in [0.717, 1.165) is 12.8 Å². The predicted octanol–water partition coefficient (Wildman–Crippen LogP) is -6.48. The zero-order chi connectivity index (χ0) is 66.0. The second-order valence-corrected chi connectivity index (χ2v) is 22.6. The van der Waals surface area contributed by atoms with Gasteiger partial charge in [-0.1, -0.05) is 67.2 Å². The Kier molecular flexibility index (Phi) is 38.8. The number of nitrogens with one attached hydrogen (secondary N) is 11. The number of aliphatic hydroxyl groups is 2. The molecule has 0 aromatic carbocycles. The molecule has 1 saturated heterocycles. The fourth-order valence-corrected chi connectivity index (χ4v) is 8.56. The lowest BCUT2D eigenvalue weighted by Crippen LogP contribution is -2.62. The summed E-state index contributed by atoms with van der Waals surface area (Å²) in [6, 6.07) is -14.5. The van der Waals surface area contributed by atoms with Gasteiger partial charge in [0.25, 0.3) is 0 Å². The van der Waals surface area contributed by atoms with Crippen LogP contribution in [0.2, 0.25) is 0 Å². The molecule has 0 aromatic rings. The molecule has 14 unspecified atom stereocenters. The van der Waals surface area contributed by atoms with E-state index in [2.05, 4.69) is 72.3 Å². The Balaban J connectivity index is 0.0000138. The Morgan fingerprint density at radius 3 is 1.38 bits per heavy atom. The van der Waals surface area contributed by atoms with E-state index in [1.54, 1.807) is 27.7 Å². The number of aliphatic hydroxyl groups excluding tert-OH is 2. The molecule has 11 amide bonds. The van der Waals surface area contributed by atoms with Crippen molar-refractivity contribution in [2.75, 3.05) is 39.3 Å². The summed E-state index contributed by atoms with van der Waals surface area (Å²) >= 11 is 0. The Morgan fingerprint density at radius 1 is 0.535 bits per heavy atom. The molecule has 0 saturated carbocycles. The van der Waals surface area contributed by atoms with E-state index in [1.165, 1.54) is 13.8 Å². The van der Waals surface area contributed by atoms with Crippen molar-refractivity contribution >= 4 is 75.4 Å². The summed E-state index contributed by atoms with van der Waals surface area (Å²) in [4.78, 5) is 153. The summed E-state index contributed by atoms with van der Waals surface area (Å²) in [7, 11) is -4.67. The molecule has 14 atom stereocenters. The smallest absolute Gasteiger partial charge is 0.391 e. The third-order valence-corrected chi connectivity index (χ3v) is 14.0. The number of carbonyl (C=O) groups is 11. The van der Waals surface area contributed by atoms with Crippen molar-refractivity contribution in [1.82, 2.24) is 58.5 Å². The molecule has 34 heteroatoms. The van der Waals surface area contributed by atoms with Gasteiger partial charge in [-0.15, -0.1) is 0 Å². The van der Waals surface area contributed by atoms with Gasteiger partial charge in [-0.05, 0) is 109 Å². The monoisotopic (exact) mass is 1250 g/mol. The van der Waals surface area contributed by atoms with Crippen molar-refractivity contribution in [3.05, 3.63) is 0 Å². The summed E-state index contributed by atoms with van der Waals surface area (Å²) in [6.45, 7) is 12.3. The Morgan fingerprint density at radius 2 is 0.953 bits per heavy atom. The van der Waals surface area contributed by atoms with Crippen LogP contribution >= 0.6 is 0 Å². The molecule has 0 spiro atoms. The Labute approximate surface area is 503 Å². The van der Waals surface area contributed by atoms with E-state index >= 15 is 0 Å². The maximum atomic E-state index is 14.4. The van der Waals surface area contributed by atoms with Gasteiger partial charge in [0.2, 0.25) is 65.0 Å². The second kappa shape index (κ2) is 41.8. The average molecular weight is 1250 g/mol. The highest BCUT2D eigenvalue weighted by Gasteiger charge is 2.39. The highest BCUT2D eigenvalue weighted by atomic mass is 32.3. The van der Waals surface area contributed by atoms with Crippen LogP contribution < -0.4 is 87.2 Å². The number of hydrogen-bond donors (Lipinski definition) is 20. The summed E-state index contributed by atoms with van der Waals surface area (Å²) < 4.78 is 31.6. The number of unbranched alkanes of at least 4 members (excludes halogenated alkanes) is 1. The summed E-state index contributed by atoms with van der Waals surface area (Å²) in [6.07, 6.45) is -1.22. The summed E-state index contributed by atoms with van der Waals surface area (Å²) in [5.41, 5.74) is 29.2. The molecule has 1 aliphatic heterocycles. The van der Waals surface area contributed by atoms with Crippen molar-refractivity contribution in [2.45, 2.75) is 205 Å². The minimum Gasteiger partial charge on any atom is -0.391 e. The van der Waals surface area contributed by atoms with Gasteiger partial charge in [0.05, 0.1) is 12.2 Å². The van der Waals surface area contributed by atoms with E-state index in [9.17, 15) is 63.0 Å². The van der Waals surface area contributed by atoms with Crippen LogP contribution in [0.15, 0.2) is 0 Å². The maximum Gasteiger partial charge on any atom is 0.394 e. The lowest BCUT2D eigenvalue weighted by molar-refractivity contribution is -0.137. The van der Waals surface area contributed by atoms with Crippen molar-refractivity contribution in [2.24, 2.45) is 46.4 Å². The van der Waals surface area contributed by atoms with Crippen LogP contribution in [0, 0.1) is 17.8 Å². The van der Waals surface area contributed by atoms with E-state index in [-0.39, 0.29) is 71.2 Å². The van der Waals surface area contributed by atoms with Crippen LogP contribution in [-0.2, 0) is 63.1 Å². The topological polar surface area (TPSA) is 565 Å². The summed E-state index contributed by atoms with van der Waals surface area (Å²) in [5.74, 6) is -10.3. The van der Waals surface area contributed by atoms with Crippen molar-refractivity contribution in [3.63, 3.8) is 0 Å². The third kappa shape index (κ3) is 30.9. The second-order valence-electron chi connectivity index (χ2n) is 21.7. The first kappa shape index (κ1) is 79.8. The van der Waals surface area contributed by atoms with Crippen LogP contribution in [0.4, 0.5) is 0 Å². The van der Waals surface area contributed by atoms with Crippen molar-refractivity contribution in [1.29, 1.82) is 0 Å². The molecule has 0 bridgehead atoms. The van der Waals surface area contributed by atoms with Gasteiger partial charge in [0, 0.05) is 13.0 Å². The first-order valence-corrected chi connectivity index (χ1v) is 30.5. The van der Waals surface area contributed by atoms with Crippen LogP contribution in [0.5, 0.6) is 0 Å². The first-order chi connectivity index (χ1) is 40.2. The van der Waals surface area contributed by atoms with E-state index in [0.29, 0.717) is 25.2 Å². The molecule has 496 valence electrons. The Hall–Kier alpha value is -6.24. The largest absolute Gasteiger partial charge is 0.394 e. The molecular weight excluding hydrogens is 1150 g/mol. The zero-order valence-electron chi connectivity index (χ0n) is 50.8. The van der Waals surface area contributed by atoms with Crippen LogP contribution in [-0.4, -0.2) is 205 Å². The minimum absolute atomic E-state index is 0.0141. The molecule has 1 fully saturated rings. The van der Waals surface area contributed by atoms with Crippen LogP contribution in [0.25, 0.3) is 0 Å². The van der Waals surface area contributed by atoms with Gasteiger partial charge in [-0.25, -0.2) is 0 Å². The van der Waals surface area contributed by atoms with Gasteiger partial charge in [0.15, 0.2) is 0 Å². The van der Waals surface area contributed by atoms with Gasteiger partial charge < -0.3 is 97.4 Å². The first-order valence-electron chi connectivity index (χ1n) is 29.1. The molecule has 1 aliphatic rings. The zero-order valence-corrected chi connectivity index (χ0v) is 51.6. The van der Waals surface area contributed by atoms with Crippen molar-refractivity contribution < 1.29 is 80.5 Å². The van der Waals surface area contributed by atoms with Gasteiger partial charge in [0.1, 0.15) is 60.4 Å². The normalized spacial score (nSPS) is 23.2. The molecule has 0 radical (unpaired) electrons. The predicted molar refractivity (Wildman–Crippen MR) is 315 cm³/mol. The number of hydrogen-bond acceptors (Lipinski definition) is 20. The molecule has 33 nitrogen and oxygen atoms in total. The third-order valence-electron chi connectivity index (χ3n) is 14.0. The van der Waals surface area contributed by atoms with Gasteiger partial charge in [-0.2, -0.15) is 8.42 Å². The average Bonchev–Trinajstić information content (AvgIpc) is 2.38. The molecule has 86 heavy (non-hydrogen) atoms. The molecule has 1 heterocycles. The molecule has 1 rings (SSSR count). The summed E-state index contributed by atoms with van der Waals surface area (Å²) in [5, 5.41) is 49.5. The van der Waals surface area contributed by atoms with Gasteiger partial charge in [-0.3, -0.25) is 61.8 Å². The molecule has 0 aromatic heterocycles. The minimum atomic E-state index is -4.67. The lowest BCUT2D eigenvalue weighted by atomic mass is 9.94. The maximum absolute atomic E-state index is 14.4. The highest BCUT2D eigenvalue weighted by molar-refractivity contribution is 7.79. The molecular formula is C52H100N16O17S. The van der Waals surface area contributed by atoms with Gasteiger partial charge >= 0.3 is 10.4 Å². The quantitative estimate of drug-likeness (QED) is 0.0256. The number of rotatable bonds is 28. The van der Waals surface area contributed by atoms with Crippen LogP contribution in [0.1, 0.15) is 132 Å². The van der Waals surface area contributed by atoms with Crippen molar-refractivity contribution in [3.8, 4) is 0 Å². The lowest BCUT2D eigenvalue weighted by Gasteiger charge is -2.31. The van der Waals surface area contributed by atoms with E-state index in [4.69, 9.17) is 46.2 Å². The standard InChI is InChI=1S/C52H98N16O13.H2O4S/c1-9-28(5)39-50(79)63-33(16-22-54)43(72)60-36(19-25-57)48(77)67-41(30(7)69)49(78)58-26-20-37(45(74)61-35(18-24-56)47(76)65-40(29(6)10-2)51(80)66-39)62-44(73)34(17-23-55)64-52(81)42(31(8)70)68-46(75)32(15-21-53)59-38(71)14-12-11-13-27(3)4;1-5(2,3)4/h27-37,39-42,69-70H,9-26,53-57H2,1-8H3,(H,58,78)(H,59,71)(H,60,72)(H,61,74)(H,62,73)(H,63,79)(H,64,81)(H,65,76)(H,66,80)(H,67,77)(H,68,75);(H2,1,2,3,4).